The Morgan fingerprint density at radius 3 is 2.85 bits per heavy atom. The Morgan fingerprint density at radius 1 is 1.38 bits per heavy atom. The fourth-order valence-electron chi connectivity index (χ4n) is 1.27. The van der Waals surface area contributed by atoms with Gasteiger partial charge in [-0.2, -0.15) is 5.26 Å². The van der Waals surface area contributed by atoms with Crippen molar-refractivity contribution in [3.05, 3.63) is 48.2 Å². The van der Waals surface area contributed by atoms with Gasteiger partial charge >= 0.3 is 0 Å². The van der Waals surface area contributed by atoms with E-state index in [2.05, 4.69) is 11.1 Å². The van der Waals surface area contributed by atoms with Gasteiger partial charge in [0.15, 0.2) is 0 Å². The van der Waals surface area contributed by atoms with E-state index < -0.39 is 0 Å². The molecule has 1 atom stereocenters. The molecule has 0 aliphatic carbocycles. The molecule has 0 aliphatic rings. The Labute approximate surface area is 75.6 Å². The number of aromatic nitrogens is 1. The van der Waals surface area contributed by atoms with Crippen LogP contribution in [0.1, 0.15) is 17.4 Å². The van der Waals surface area contributed by atoms with Crippen molar-refractivity contribution in [1.82, 2.24) is 4.98 Å². The maximum Gasteiger partial charge on any atom is 0.144 e. The Kier molecular flexibility index (Phi) is 1.89. The molecule has 13 heavy (non-hydrogen) atoms. The highest BCUT2D eigenvalue weighted by molar-refractivity contribution is 5.28. The van der Waals surface area contributed by atoms with Crippen molar-refractivity contribution in [3.63, 3.8) is 0 Å². The summed E-state index contributed by atoms with van der Waals surface area (Å²) >= 11 is 0. The number of H-pyrrole nitrogens is 1. The normalized spacial score (nSPS) is 12.2. The summed E-state index contributed by atoms with van der Waals surface area (Å²) in [7, 11) is 0. The van der Waals surface area contributed by atoms with E-state index in [0.29, 0.717) is 5.76 Å². The molecule has 0 radical (unpaired) electrons. The van der Waals surface area contributed by atoms with E-state index in [4.69, 9.17) is 9.68 Å². The average molecular weight is 172 g/mol. The average Bonchev–Trinajstić information content (AvgIpc) is 2.76. The fraction of sp³-hybridized carbons (Fsp3) is 0.100. The number of hydrogen-bond donors (Lipinski definition) is 1. The first kappa shape index (κ1) is 7.69. The first-order chi connectivity index (χ1) is 6.42. The van der Waals surface area contributed by atoms with Gasteiger partial charge in [-0.15, -0.1) is 0 Å². The summed E-state index contributed by atoms with van der Waals surface area (Å²) in [5.74, 6) is 0.343. The second kappa shape index (κ2) is 3.20. The molecule has 0 amide bonds. The van der Waals surface area contributed by atoms with E-state index in [1.807, 2.05) is 12.1 Å². The van der Waals surface area contributed by atoms with Crippen molar-refractivity contribution in [2.75, 3.05) is 0 Å². The van der Waals surface area contributed by atoms with Gasteiger partial charge in [0.2, 0.25) is 0 Å². The Balaban J connectivity index is 2.36. The van der Waals surface area contributed by atoms with Gasteiger partial charge in [-0.1, -0.05) is 0 Å². The maximum absolute atomic E-state index is 8.94. The van der Waals surface area contributed by atoms with Crippen molar-refractivity contribution in [2.45, 2.75) is 5.92 Å². The minimum absolute atomic E-state index is 0.329. The molecule has 0 spiro atoms. The van der Waals surface area contributed by atoms with Gasteiger partial charge in [-0.25, -0.2) is 0 Å². The highest BCUT2D eigenvalue weighted by Crippen LogP contribution is 2.22. The predicted octanol–water partition coefficient (Wildman–Crippen LogP) is 2.26. The summed E-state index contributed by atoms with van der Waals surface area (Å²) in [5, 5.41) is 8.94. The number of rotatable bonds is 2. The molecule has 2 aromatic rings. The molecule has 0 bridgehead atoms. The number of hydrogen-bond acceptors (Lipinski definition) is 2. The molecule has 1 N–H and O–H groups in total. The van der Waals surface area contributed by atoms with Crippen molar-refractivity contribution in [3.8, 4) is 6.07 Å². The van der Waals surface area contributed by atoms with Crippen LogP contribution in [0.4, 0.5) is 0 Å². The van der Waals surface area contributed by atoms with Crippen LogP contribution in [0.3, 0.4) is 0 Å². The number of furan rings is 1. The Hall–Kier alpha value is -1.95. The molecule has 0 aromatic carbocycles. The van der Waals surface area contributed by atoms with Crippen molar-refractivity contribution < 1.29 is 4.42 Å². The first-order valence-electron chi connectivity index (χ1n) is 3.98. The third-order valence-electron chi connectivity index (χ3n) is 1.89. The van der Waals surface area contributed by atoms with Crippen molar-refractivity contribution >= 4 is 0 Å². The van der Waals surface area contributed by atoms with Crippen molar-refractivity contribution in [1.29, 1.82) is 5.26 Å². The molecule has 3 nitrogen and oxygen atoms in total. The lowest BCUT2D eigenvalue weighted by atomic mass is 10.1. The van der Waals surface area contributed by atoms with Crippen LogP contribution >= 0.6 is 0 Å². The number of aromatic amines is 1. The Bertz CT molecular complexity index is 360. The molecule has 64 valence electrons. The number of nitrogens with one attached hydrogen (secondary N) is 1. The first-order valence-corrected chi connectivity index (χ1v) is 3.98. The molecule has 0 fully saturated rings. The standard InChI is InChI=1S/C10H8N2O/c11-7-8(9-3-1-5-12-9)10-4-2-6-13-10/h1-6,8,12H. The van der Waals surface area contributed by atoms with Gasteiger partial charge in [0.05, 0.1) is 12.3 Å². The van der Waals surface area contributed by atoms with Crippen LogP contribution in [0, 0.1) is 11.3 Å². The van der Waals surface area contributed by atoms with Crippen LogP contribution in [0.2, 0.25) is 0 Å². The third kappa shape index (κ3) is 1.34. The number of nitrogens with zero attached hydrogens (tertiary/aromatic N) is 1. The predicted molar refractivity (Wildman–Crippen MR) is 47.0 cm³/mol. The highest BCUT2D eigenvalue weighted by Gasteiger charge is 2.16. The molecule has 0 saturated carbocycles. The van der Waals surface area contributed by atoms with E-state index in [9.17, 15) is 0 Å². The number of nitriles is 1. The minimum atomic E-state index is -0.329. The lowest BCUT2D eigenvalue weighted by molar-refractivity contribution is 0.507. The van der Waals surface area contributed by atoms with Gasteiger partial charge < -0.3 is 9.40 Å². The summed E-state index contributed by atoms with van der Waals surface area (Å²) in [4.78, 5) is 2.99. The molecule has 2 rings (SSSR count). The summed E-state index contributed by atoms with van der Waals surface area (Å²) in [6.07, 6.45) is 3.37. The molecule has 3 heteroatoms. The summed E-state index contributed by atoms with van der Waals surface area (Å²) in [6.45, 7) is 0. The smallest absolute Gasteiger partial charge is 0.144 e. The molecular weight excluding hydrogens is 164 g/mol. The molecule has 1 unspecified atom stereocenters. The van der Waals surface area contributed by atoms with E-state index in [1.54, 1.807) is 24.6 Å². The topological polar surface area (TPSA) is 52.7 Å². The summed E-state index contributed by atoms with van der Waals surface area (Å²) < 4.78 is 5.17. The largest absolute Gasteiger partial charge is 0.468 e. The molecular formula is C10H8N2O. The monoisotopic (exact) mass is 172 g/mol. The second-order valence-corrected chi connectivity index (χ2v) is 2.70. The van der Waals surface area contributed by atoms with E-state index in [1.165, 1.54) is 0 Å². The van der Waals surface area contributed by atoms with Crippen LogP contribution in [0.15, 0.2) is 41.1 Å². The molecule has 2 aromatic heterocycles. The SMILES string of the molecule is N#CC(c1ccc[nH]1)c1ccco1. The zero-order valence-electron chi connectivity index (χ0n) is 6.90. The lowest BCUT2D eigenvalue weighted by Gasteiger charge is -2.01. The highest BCUT2D eigenvalue weighted by atomic mass is 16.3. The van der Waals surface area contributed by atoms with E-state index in [-0.39, 0.29) is 5.92 Å². The van der Waals surface area contributed by atoms with Crippen molar-refractivity contribution in [2.24, 2.45) is 0 Å². The summed E-state index contributed by atoms with van der Waals surface area (Å²) in [5.41, 5.74) is 0.859. The van der Waals surface area contributed by atoms with Crippen LogP contribution < -0.4 is 0 Å². The zero-order chi connectivity index (χ0) is 9.10. The zero-order valence-corrected chi connectivity index (χ0v) is 6.90. The molecule has 0 saturated heterocycles. The van der Waals surface area contributed by atoms with Gasteiger partial charge in [0, 0.05) is 11.9 Å². The van der Waals surface area contributed by atoms with Crippen LogP contribution in [0.5, 0.6) is 0 Å². The quantitative estimate of drug-likeness (QED) is 0.755. The van der Waals surface area contributed by atoms with Gasteiger partial charge in [0.25, 0.3) is 0 Å². The Morgan fingerprint density at radius 2 is 2.31 bits per heavy atom. The maximum atomic E-state index is 8.94. The summed E-state index contributed by atoms with van der Waals surface area (Å²) in [6, 6.07) is 9.50. The van der Waals surface area contributed by atoms with E-state index in [0.717, 1.165) is 5.69 Å². The van der Waals surface area contributed by atoms with Gasteiger partial charge in [-0.3, -0.25) is 0 Å². The minimum Gasteiger partial charge on any atom is -0.468 e. The lowest BCUT2D eigenvalue weighted by Crippen LogP contribution is -1.95. The third-order valence-corrected chi connectivity index (χ3v) is 1.89. The van der Waals surface area contributed by atoms with Crippen LogP contribution in [0.25, 0.3) is 0 Å². The van der Waals surface area contributed by atoms with Gasteiger partial charge in [0.1, 0.15) is 11.7 Å². The molecule has 0 aliphatic heterocycles. The second-order valence-electron chi connectivity index (χ2n) is 2.70. The van der Waals surface area contributed by atoms with Crippen LogP contribution in [-0.2, 0) is 0 Å². The van der Waals surface area contributed by atoms with Gasteiger partial charge in [-0.05, 0) is 24.3 Å². The fourth-order valence-corrected chi connectivity index (χ4v) is 1.27. The van der Waals surface area contributed by atoms with E-state index >= 15 is 0 Å². The molecule has 2 heterocycles. The van der Waals surface area contributed by atoms with Crippen LogP contribution in [-0.4, -0.2) is 4.98 Å².